The number of aryl methyl sites for hydroxylation is 2. The molecule has 2 aromatic carbocycles. The molecule has 2 N–H and O–H groups in total. The van der Waals surface area contributed by atoms with Gasteiger partial charge in [-0.3, -0.25) is 13.8 Å². The number of benzene rings is 2. The minimum absolute atomic E-state index is 0.0144. The average Bonchev–Trinajstić information content (AvgIpc) is 2.73. The zero-order valence-corrected chi connectivity index (χ0v) is 19.9. The van der Waals surface area contributed by atoms with Gasteiger partial charge in [-0.15, -0.1) is 0 Å². The number of amides is 1. The lowest BCUT2D eigenvalue weighted by molar-refractivity contribution is -0.114. The van der Waals surface area contributed by atoms with Gasteiger partial charge in [0, 0.05) is 11.9 Å². The maximum absolute atomic E-state index is 12.6. The maximum atomic E-state index is 12.6. The fraction of sp³-hybridized carbons (Fsp3) is 0.182. The molecule has 3 aromatic rings. The molecule has 0 aliphatic heterocycles. The molecule has 1 amide bonds. The van der Waals surface area contributed by atoms with Gasteiger partial charge < -0.3 is 5.32 Å². The molecule has 1 heterocycles. The van der Waals surface area contributed by atoms with Crippen molar-refractivity contribution in [2.45, 2.75) is 18.7 Å². The van der Waals surface area contributed by atoms with E-state index in [1.54, 1.807) is 38.1 Å². The molecule has 1 aromatic heterocycles. The van der Waals surface area contributed by atoms with Crippen LogP contribution in [0.25, 0.3) is 0 Å². The molecule has 0 bridgehead atoms. The van der Waals surface area contributed by atoms with E-state index in [1.165, 1.54) is 36.5 Å². The van der Waals surface area contributed by atoms with Crippen molar-refractivity contribution in [2.75, 3.05) is 27.1 Å². The first-order chi connectivity index (χ1) is 15.5. The lowest BCUT2D eigenvalue weighted by Crippen LogP contribution is -2.38. The quantitative estimate of drug-likeness (QED) is 0.502. The number of sulfonamides is 2. The second kappa shape index (κ2) is 9.59. The Hall–Kier alpha value is -3.44. The number of pyridine rings is 1. The number of nitrogens with one attached hydrogen (secondary N) is 2. The topological polar surface area (TPSA) is 126 Å². The molecule has 0 spiro atoms. The fourth-order valence-corrected chi connectivity index (χ4v) is 5.21. The first-order valence-corrected chi connectivity index (χ1v) is 13.2. The van der Waals surface area contributed by atoms with E-state index in [4.69, 9.17) is 0 Å². The first kappa shape index (κ1) is 24.2. The van der Waals surface area contributed by atoms with Crippen molar-refractivity contribution >= 4 is 43.1 Å². The van der Waals surface area contributed by atoms with Gasteiger partial charge in [-0.05, 0) is 61.4 Å². The van der Waals surface area contributed by atoms with Crippen LogP contribution >= 0.6 is 0 Å². The standard InChI is InChI=1S/C22H24N4O5S2/c1-16-7-6-8-17(2)22(16)26(32(3,28)29)15-21(27)24-18-10-12-19(13-11-18)33(30,31)25-20-9-4-5-14-23-20/h4-14H,15H2,1-3H3,(H,23,25)(H,24,27). The van der Waals surface area contributed by atoms with Gasteiger partial charge in [0.15, 0.2) is 0 Å². The van der Waals surface area contributed by atoms with Crippen LogP contribution in [0.4, 0.5) is 17.2 Å². The maximum Gasteiger partial charge on any atom is 0.263 e. The van der Waals surface area contributed by atoms with Crippen molar-refractivity contribution in [3.63, 3.8) is 0 Å². The van der Waals surface area contributed by atoms with Crippen LogP contribution in [-0.2, 0) is 24.8 Å². The summed E-state index contributed by atoms with van der Waals surface area (Å²) in [4.78, 5) is 16.5. The first-order valence-electron chi connectivity index (χ1n) is 9.85. The summed E-state index contributed by atoms with van der Waals surface area (Å²) in [5, 5.41) is 2.61. The summed E-state index contributed by atoms with van der Waals surface area (Å²) in [5.74, 6) is -0.382. The summed E-state index contributed by atoms with van der Waals surface area (Å²) in [7, 11) is -7.58. The molecular weight excluding hydrogens is 464 g/mol. The molecule has 0 saturated heterocycles. The SMILES string of the molecule is Cc1cccc(C)c1N(CC(=O)Nc1ccc(S(=O)(=O)Nc2ccccn2)cc1)S(C)(=O)=O. The summed E-state index contributed by atoms with van der Waals surface area (Å²) >= 11 is 0. The van der Waals surface area contributed by atoms with E-state index in [2.05, 4.69) is 15.0 Å². The fourth-order valence-electron chi connectivity index (χ4n) is 3.23. The van der Waals surface area contributed by atoms with Crippen LogP contribution in [0, 0.1) is 13.8 Å². The van der Waals surface area contributed by atoms with Crippen molar-refractivity contribution in [1.29, 1.82) is 0 Å². The zero-order valence-electron chi connectivity index (χ0n) is 18.3. The summed E-state index contributed by atoms with van der Waals surface area (Å²) in [6.45, 7) is 3.12. The molecule has 33 heavy (non-hydrogen) atoms. The van der Waals surface area contributed by atoms with E-state index in [9.17, 15) is 21.6 Å². The smallest absolute Gasteiger partial charge is 0.263 e. The number of anilines is 3. The molecule has 0 aliphatic carbocycles. The Morgan fingerprint density at radius 1 is 0.909 bits per heavy atom. The highest BCUT2D eigenvalue weighted by atomic mass is 32.2. The van der Waals surface area contributed by atoms with E-state index in [-0.39, 0.29) is 10.7 Å². The van der Waals surface area contributed by atoms with Crippen molar-refractivity contribution in [2.24, 2.45) is 0 Å². The van der Waals surface area contributed by atoms with Crippen LogP contribution < -0.4 is 14.3 Å². The van der Waals surface area contributed by atoms with Gasteiger partial charge in [-0.2, -0.15) is 0 Å². The third kappa shape index (κ3) is 6.08. The van der Waals surface area contributed by atoms with E-state index < -0.39 is 32.5 Å². The highest BCUT2D eigenvalue weighted by Crippen LogP contribution is 2.26. The highest BCUT2D eigenvalue weighted by Gasteiger charge is 2.24. The van der Waals surface area contributed by atoms with E-state index in [0.717, 1.165) is 21.7 Å². The van der Waals surface area contributed by atoms with E-state index >= 15 is 0 Å². The van der Waals surface area contributed by atoms with Crippen molar-refractivity contribution in [3.8, 4) is 0 Å². The number of carbonyl (C=O) groups is 1. The van der Waals surface area contributed by atoms with Crippen LogP contribution in [0.2, 0.25) is 0 Å². The van der Waals surface area contributed by atoms with Crippen molar-refractivity contribution in [1.82, 2.24) is 4.98 Å². The van der Waals surface area contributed by atoms with Crippen LogP contribution in [0.5, 0.6) is 0 Å². The molecule has 11 heteroatoms. The average molecular weight is 489 g/mol. The van der Waals surface area contributed by atoms with Crippen LogP contribution in [0.15, 0.2) is 71.8 Å². The van der Waals surface area contributed by atoms with Crippen LogP contribution in [0.3, 0.4) is 0 Å². The number of para-hydroxylation sites is 1. The number of hydrogen-bond donors (Lipinski definition) is 2. The van der Waals surface area contributed by atoms with Crippen molar-refractivity contribution < 1.29 is 21.6 Å². The number of aromatic nitrogens is 1. The van der Waals surface area contributed by atoms with Gasteiger partial charge in [0.25, 0.3) is 10.0 Å². The molecule has 0 radical (unpaired) electrons. The lowest BCUT2D eigenvalue weighted by atomic mass is 10.1. The summed E-state index contributed by atoms with van der Waals surface area (Å²) < 4.78 is 53.2. The number of hydrogen-bond acceptors (Lipinski definition) is 6. The number of rotatable bonds is 8. The molecule has 0 saturated carbocycles. The molecule has 0 atom stereocenters. The third-order valence-corrected chi connectivity index (χ3v) is 7.21. The molecule has 9 nitrogen and oxygen atoms in total. The summed E-state index contributed by atoms with van der Waals surface area (Å²) in [6.07, 6.45) is 2.51. The Bertz CT molecular complexity index is 1340. The Labute approximate surface area is 193 Å². The lowest BCUT2D eigenvalue weighted by Gasteiger charge is -2.25. The Kier molecular flexibility index (Phi) is 7.04. The van der Waals surface area contributed by atoms with E-state index in [0.29, 0.717) is 11.4 Å². The van der Waals surface area contributed by atoms with Gasteiger partial charge in [-0.1, -0.05) is 24.3 Å². The monoisotopic (exact) mass is 488 g/mol. The normalized spacial score (nSPS) is 11.6. The predicted molar refractivity (Wildman–Crippen MR) is 128 cm³/mol. The molecule has 0 aliphatic rings. The molecule has 174 valence electrons. The molecular formula is C22H24N4O5S2. The van der Waals surface area contributed by atoms with Gasteiger partial charge in [0.1, 0.15) is 12.4 Å². The van der Waals surface area contributed by atoms with Gasteiger partial charge in [0.05, 0.1) is 16.8 Å². The summed E-state index contributed by atoms with van der Waals surface area (Å²) in [6, 6.07) is 15.7. The van der Waals surface area contributed by atoms with Crippen LogP contribution in [0.1, 0.15) is 11.1 Å². The minimum Gasteiger partial charge on any atom is -0.325 e. The number of carbonyl (C=O) groups excluding carboxylic acids is 1. The molecule has 0 unspecified atom stereocenters. The molecule has 3 rings (SSSR count). The Morgan fingerprint density at radius 2 is 1.55 bits per heavy atom. The summed E-state index contributed by atoms with van der Waals surface area (Å²) in [5.41, 5.74) is 2.23. The highest BCUT2D eigenvalue weighted by molar-refractivity contribution is 7.92. The van der Waals surface area contributed by atoms with Gasteiger partial charge in [-0.25, -0.2) is 21.8 Å². The Balaban J connectivity index is 1.75. The van der Waals surface area contributed by atoms with Crippen molar-refractivity contribution in [3.05, 3.63) is 78.0 Å². The van der Waals surface area contributed by atoms with Gasteiger partial charge >= 0.3 is 0 Å². The second-order valence-corrected chi connectivity index (χ2v) is 11.0. The largest absolute Gasteiger partial charge is 0.325 e. The van der Waals surface area contributed by atoms with Crippen LogP contribution in [-0.4, -0.2) is 40.5 Å². The van der Waals surface area contributed by atoms with E-state index in [1.807, 2.05) is 6.07 Å². The number of nitrogens with zero attached hydrogens (tertiary/aromatic N) is 2. The predicted octanol–water partition coefficient (Wildman–Crippen LogP) is 2.90. The van der Waals surface area contributed by atoms with Gasteiger partial charge in [0.2, 0.25) is 15.9 Å². The Morgan fingerprint density at radius 3 is 2.09 bits per heavy atom. The third-order valence-electron chi connectivity index (χ3n) is 4.73. The second-order valence-electron chi connectivity index (χ2n) is 7.40. The minimum atomic E-state index is -3.86. The zero-order chi connectivity index (χ0) is 24.2. The molecule has 0 fully saturated rings.